The van der Waals surface area contributed by atoms with Crippen molar-refractivity contribution < 1.29 is 14.3 Å². The number of ketones is 1. The molecule has 1 aliphatic heterocycles. The molecule has 0 unspecified atom stereocenters. The van der Waals surface area contributed by atoms with Crippen LogP contribution in [0.15, 0.2) is 78.0 Å². The van der Waals surface area contributed by atoms with E-state index in [1.54, 1.807) is 7.11 Å². The fourth-order valence-corrected chi connectivity index (χ4v) is 5.26. The molecule has 0 saturated carbocycles. The van der Waals surface area contributed by atoms with E-state index in [1.807, 2.05) is 31.2 Å². The van der Waals surface area contributed by atoms with Crippen molar-refractivity contribution in [3.63, 3.8) is 0 Å². The predicted molar refractivity (Wildman–Crippen MR) is 145 cm³/mol. The van der Waals surface area contributed by atoms with E-state index >= 15 is 0 Å². The highest BCUT2D eigenvalue weighted by molar-refractivity contribution is 6.01. The average Bonchev–Trinajstić information content (AvgIpc) is 3.06. The summed E-state index contributed by atoms with van der Waals surface area (Å²) in [6, 6.07) is 22.6. The van der Waals surface area contributed by atoms with Gasteiger partial charge in [0.25, 0.3) is 0 Å². The molecule has 5 rings (SSSR count). The van der Waals surface area contributed by atoms with Crippen LogP contribution in [0.3, 0.4) is 0 Å². The minimum atomic E-state index is -0.208. The highest BCUT2D eigenvalue weighted by atomic mass is 16.5. The van der Waals surface area contributed by atoms with E-state index < -0.39 is 0 Å². The Morgan fingerprint density at radius 1 is 0.917 bits per heavy atom. The third-order valence-electron chi connectivity index (χ3n) is 7.20. The van der Waals surface area contributed by atoms with Gasteiger partial charge in [0.1, 0.15) is 0 Å². The van der Waals surface area contributed by atoms with Crippen molar-refractivity contribution in [3.8, 4) is 11.5 Å². The smallest absolute Gasteiger partial charge is 0.163 e. The maximum absolute atomic E-state index is 13.8. The van der Waals surface area contributed by atoms with Crippen molar-refractivity contribution in [1.29, 1.82) is 0 Å². The van der Waals surface area contributed by atoms with Gasteiger partial charge in [-0.3, -0.25) is 4.79 Å². The number of allylic oxidation sites excluding steroid dienone is 1. The number of rotatable bonds is 6. The monoisotopic (exact) mass is 482 g/mol. The summed E-state index contributed by atoms with van der Waals surface area (Å²) in [4.78, 5) is 13.8. The molecule has 0 radical (unpaired) electrons. The standard InChI is InChI=1S/C31H34N2O3/c1-5-36-28-15-14-22(18-29(28)35-4)23-16-26-30(27(34)17-23)31(21-12-10-20(11-13-21)19(2)3)33-25-9-7-6-8-24(25)32-26/h6-15,18-19,23,31-33H,5,16-17H2,1-4H3/t23-,31+/m0/s1. The number of hydrogen-bond donors (Lipinski definition) is 2. The first-order chi connectivity index (χ1) is 17.5. The number of methoxy groups -OCH3 is 1. The molecular formula is C31H34N2O3. The van der Waals surface area contributed by atoms with Crippen molar-refractivity contribution >= 4 is 17.2 Å². The van der Waals surface area contributed by atoms with Crippen LogP contribution in [0.25, 0.3) is 0 Å². The van der Waals surface area contributed by atoms with Crippen LogP contribution in [-0.4, -0.2) is 19.5 Å². The van der Waals surface area contributed by atoms with Crippen molar-refractivity contribution in [2.24, 2.45) is 0 Å². The first-order valence-corrected chi connectivity index (χ1v) is 12.8. The Labute approximate surface area is 213 Å². The van der Waals surface area contributed by atoms with Crippen molar-refractivity contribution in [2.45, 2.75) is 51.5 Å². The quantitative estimate of drug-likeness (QED) is 0.389. The summed E-state index contributed by atoms with van der Waals surface area (Å²) in [5.41, 5.74) is 7.28. The SMILES string of the molecule is CCOc1ccc([C@@H]2CC(=O)C3=C(C2)Nc2ccccc2N[C@@H]3c2ccc(C(C)C)cc2)cc1OC. The van der Waals surface area contributed by atoms with Gasteiger partial charge in [-0.1, -0.05) is 56.3 Å². The number of fused-ring (bicyclic) bond motifs is 1. The lowest BCUT2D eigenvalue weighted by molar-refractivity contribution is -0.116. The van der Waals surface area contributed by atoms with Gasteiger partial charge in [-0.25, -0.2) is 0 Å². The van der Waals surface area contributed by atoms with Gasteiger partial charge < -0.3 is 20.1 Å². The second-order valence-corrected chi connectivity index (χ2v) is 9.83. The summed E-state index contributed by atoms with van der Waals surface area (Å²) in [5.74, 6) is 2.11. The highest BCUT2D eigenvalue weighted by Gasteiger charge is 2.36. The summed E-state index contributed by atoms with van der Waals surface area (Å²) >= 11 is 0. The maximum Gasteiger partial charge on any atom is 0.163 e. The fourth-order valence-electron chi connectivity index (χ4n) is 5.26. The summed E-state index contributed by atoms with van der Waals surface area (Å²) in [6.07, 6.45) is 1.20. The number of Topliss-reactive ketones (excluding diaryl/α,β-unsaturated/α-hetero) is 1. The summed E-state index contributed by atoms with van der Waals surface area (Å²) in [7, 11) is 1.65. The number of nitrogens with one attached hydrogen (secondary N) is 2. The van der Waals surface area contributed by atoms with E-state index in [0.717, 1.165) is 45.9 Å². The molecule has 3 aromatic carbocycles. The van der Waals surface area contributed by atoms with Crippen molar-refractivity contribution in [3.05, 3.63) is 94.7 Å². The molecule has 0 fully saturated rings. The Kier molecular flexibility index (Phi) is 6.73. The molecular weight excluding hydrogens is 448 g/mol. The highest BCUT2D eigenvalue weighted by Crippen LogP contribution is 2.45. The zero-order valence-electron chi connectivity index (χ0n) is 21.4. The molecule has 1 heterocycles. The van der Waals surface area contributed by atoms with E-state index in [9.17, 15) is 4.79 Å². The number of carbonyl (C=O) groups is 1. The van der Waals surface area contributed by atoms with E-state index in [1.165, 1.54) is 5.56 Å². The molecule has 5 heteroatoms. The predicted octanol–water partition coefficient (Wildman–Crippen LogP) is 7.20. The van der Waals surface area contributed by atoms with Crippen LogP contribution < -0.4 is 20.1 Å². The first kappa shape index (κ1) is 24.0. The van der Waals surface area contributed by atoms with Gasteiger partial charge in [-0.15, -0.1) is 0 Å². The molecule has 36 heavy (non-hydrogen) atoms. The lowest BCUT2D eigenvalue weighted by atomic mass is 9.78. The summed E-state index contributed by atoms with van der Waals surface area (Å²) in [6.45, 7) is 6.92. The molecule has 2 N–H and O–H groups in total. The second-order valence-electron chi connectivity index (χ2n) is 9.83. The van der Waals surface area contributed by atoms with Crippen LogP contribution >= 0.6 is 0 Å². The number of ether oxygens (including phenoxy) is 2. The number of anilines is 2. The van der Waals surface area contributed by atoms with Crippen LogP contribution in [0.1, 0.15) is 68.2 Å². The Hall–Kier alpha value is -3.73. The second kappa shape index (κ2) is 10.1. The summed E-state index contributed by atoms with van der Waals surface area (Å²) in [5, 5.41) is 7.29. The summed E-state index contributed by atoms with van der Waals surface area (Å²) < 4.78 is 11.3. The molecule has 186 valence electrons. The Morgan fingerprint density at radius 2 is 1.64 bits per heavy atom. The van der Waals surface area contributed by atoms with Crippen LogP contribution in [0.5, 0.6) is 11.5 Å². The van der Waals surface area contributed by atoms with Gasteiger partial charge in [-0.2, -0.15) is 0 Å². The lowest BCUT2D eigenvalue weighted by Crippen LogP contribution is -2.27. The third-order valence-corrected chi connectivity index (χ3v) is 7.20. The number of carbonyl (C=O) groups excluding carboxylic acids is 1. The van der Waals surface area contributed by atoms with E-state index in [-0.39, 0.29) is 17.7 Å². The van der Waals surface area contributed by atoms with Crippen LogP contribution in [-0.2, 0) is 4.79 Å². The molecule has 5 nitrogen and oxygen atoms in total. The minimum absolute atomic E-state index is 0.0579. The molecule has 2 atom stereocenters. The Bertz CT molecular complexity index is 1290. The lowest BCUT2D eigenvalue weighted by Gasteiger charge is -2.30. The molecule has 0 saturated heterocycles. The van der Waals surface area contributed by atoms with Crippen molar-refractivity contribution in [1.82, 2.24) is 0 Å². The molecule has 2 aliphatic rings. The molecule has 0 bridgehead atoms. The molecule has 0 aromatic heterocycles. The zero-order chi connectivity index (χ0) is 25.2. The van der Waals surface area contributed by atoms with E-state index in [4.69, 9.17) is 9.47 Å². The Balaban J connectivity index is 1.54. The first-order valence-electron chi connectivity index (χ1n) is 12.8. The number of benzene rings is 3. The van der Waals surface area contributed by atoms with Gasteiger partial charge in [0, 0.05) is 17.7 Å². The van der Waals surface area contributed by atoms with Crippen molar-refractivity contribution in [2.75, 3.05) is 24.4 Å². The van der Waals surface area contributed by atoms with Crippen LogP contribution in [0.4, 0.5) is 11.4 Å². The molecule has 1 aliphatic carbocycles. The van der Waals surface area contributed by atoms with Gasteiger partial charge in [0.2, 0.25) is 0 Å². The van der Waals surface area contributed by atoms with Gasteiger partial charge in [-0.05, 0) is 66.1 Å². The number of para-hydroxylation sites is 2. The topological polar surface area (TPSA) is 59.6 Å². The van der Waals surface area contributed by atoms with Crippen LogP contribution in [0.2, 0.25) is 0 Å². The zero-order valence-corrected chi connectivity index (χ0v) is 21.4. The minimum Gasteiger partial charge on any atom is -0.493 e. The third kappa shape index (κ3) is 4.58. The molecule has 0 amide bonds. The Morgan fingerprint density at radius 3 is 2.33 bits per heavy atom. The van der Waals surface area contributed by atoms with Crippen LogP contribution in [0, 0.1) is 0 Å². The fraction of sp³-hybridized carbons (Fsp3) is 0.323. The van der Waals surface area contributed by atoms with Gasteiger partial charge in [0.05, 0.1) is 31.1 Å². The number of hydrogen-bond acceptors (Lipinski definition) is 5. The normalized spacial score (nSPS) is 19.1. The maximum atomic E-state index is 13.8. The molecule has 3 aromatic rings. The largest absolute Gasteiger partial charge is 0.493 e. The van der Waals surface area contributed by atoms with Gasteiger partial charge in [0.15, 0.2) is 17.3 Å². The van der Waals surface area contributed by atoms with E-state index in [0.29, 0.717) is 24.7 Å². The van der Waals surface area contributed by atoms with Gasteiger partial charge >= 0.3 is 0 Å². The molecule has 0 spiro atoms. The average molecular weight is 483 g/mol. The van der Waals surface area contributed by atoms with E-state index in [2.05, 4.69) is 66.9 Å².